The van der Waals surface area contributed by atoms with Crippen LogP contribution >= 0.6 is 23.4 Å². The molecule has 0 bridgehead atoms. The summed E-state index contributed by atoms with van der Waals surface area (Å²) in [6.07, 6.45) is 1.74. The minimum absolute atomic E-state index is 0.0103. The fourth-order valence-corrected chi connectivity index (χ4v) is 4.50. The van der Waals surface area contributed by atoms with Gasteiger partial charge in [-0.15, -0.1) is 10.2 Å². The summed E-state index contributed by atoms with van der Waals surface area (Å²) in [7, 11) is 0. The minimum atomic E-state index is -0.0103. The molecule has 0 atom stereocenters. The molecule has 0 saturated heterocycles. The van der Waals surface area contributed by atoms with E-state index in [0.717, 1.165) is 16.6 Å². The fourth-order valence-electron chi connectivity index (χ4n) is 3.51. The average molecular weight is 487 g/mol. The molecule has 0 aliphatic heterocycles. The molecule has 5 aromatic rings. The zero-order valence-electron chi connectivity index (χ0n) is 18.0. The van der Waals surface area contributed by atoms with Gasteiger partial charge < -0.3 is 4.74 Å². The smallest absolute Gasteiger partial charge is 0.196 e. The van der Waals surface area contributed by atoms with E-state index in [1.165, 1.54) is 11.8 Å². The van der Waals surface area contributed by atoms with Crippen LogP contribution in [-0.4, -0.2) is 31.3 Å². The quantitative estimate of drug-likeness (QED) is 0.197. The van der Waals surface area contributed by atoms with Crippen molar-refractivity contribution in [2.24, 2.45) is 0 Å². The summed E-state index contributed by atoms with van der Waals surface area (Å²) in [6, 6.07) is 26.4. The molecule has 0 N–H and O–H groups in total. The van der Waals surface area contributed by atoms with Crippen LogP contribution in [0.3, 0.4) is 0 Å². The summed E-state index contributed by atoms with van der Waals surface area (Å²) in [4.78, 5) is 17.1. The first-order valence-corrected chi connectivity index (χ1v) is 11.9. The van der Waals surface area contributed by atoms with E-state index in [4.69, 9.17) is 16.3 Å². The van der Waals surface area contributed by atoms with Gasteiger partial charge in [-0.2, -0.15) is 0 Å². The van der Waals surface area contributed by atoms with Gasteiger partial charge in [-0.05, 0) is 48.5 Å². The predicted octanol–water partition coefficient (Wildman–Crippen LogP) is 6.02. The van der Waals surface area contributed by atoms with E-state index in [1.807, 2.05) is 65.2 Å². The normalized spacial score (nSPS) is 11.0. The van der Waals surface area contributed by atoms with Crippen LogP contribution in [0.5, 0.6) is 5.75 Å². The number of hydrogen-bond acceptors (Lipinski definition) is 6. The van der Waals surface area contributed by atoms with Gasteiger partial charge >= 0.3 is 0 Å². The van der Waals surface area contributed by atoms with E-state index in [1.54, 1.807) is 30.5 Å². The molecule has 0 fully saturated rings. The third-order valence-electron chi connectivity index (χ3n) is 5.17. The molecular weight excluding hydrogens is 468 g/mol. The number of aromatic nitrogens is 4. The maximum absolute atomic E-state index is 12.7. The van der Waals surface area contributed by atoms with Crippen molar-refractivity contribution in [1.29, 1.82) is 0 Å². The van der Waals surface area contributed by atoms with E-state index in [9.17, 15) is 4.79 Å². The van der Waals surface area contributed by atoms with Crippen molar-refractivity contribution in [1.82, 2.24) is 19.7 Å². The van der Waals surface area contributed by atoms with E-state index in [2.05, 4.69) is 15.2 Å². The number of carbonyl (C=O) groups is 1. The molecule has 0 unspecified atom stereocenters. The van der Waals surface area contributed by atoms with Crippen molar-refractivity contribution in [2.45, 2.75) is 11.8 Å². The SMILES string of the molecule is O=C(CSc1nnc(COc2cccc3cccnc23)n1-c1ccccc1)c1ccc(Cl)cc1. The van der Waals surface area contributed by atoms with Gasteiger partial charge in [-0.25, -0.2) is 0 Å². The summed E-state index contributed by atoms with van der Waals surface area (Å²) >= 11 is 7.27. The molecular formula is C26H19ClN4O2S. The highest BCUT2D eigenvalue weighted by Crippen LogP contribution is 2.26. The zero-order chi connectivity index (χ0) is 23.3. The van der Waals surface area contributed by atoms with Crippen LogP contribution in [-0.2, 0) is 6.61 Å². The lowest BCUT2D eigenvalue weighted by molar-refractivity contribution is 0.102. The minimum Gasteiger partial charge on any atom is -0.483 e. The Hall–Kier alpha value is -3.68. The van der Waals surface area contributed by atoms with E-state index in [0.29, 0.717) is 27.3 Å². The summed E-state index contributed by atoms with van der Waals surface area (Å²) in [5.74, 6) is 1.51. The molecule has 0 amide bonds. The van der Waals surface area contributed by atoms with Crippen molar-refractivity contribution >= 4 is 40.0 Å². The predicted molar refractivity (Wildman–Crippen MR) is 134 cm³/mol. The number of ketones is 1. The van der Waals surface area contributed by atoms with Crippen LogP contribution in [0.1, 0.15) is 16.2 Å². The van der Waals surface area contributed by atoms with Gasteiger partial charge in [0.2, 0.25) is 0 Å². The Morgan fingerprint density at radius 1 is 0.912 bits per heavy atom. The average Bonchev–Trinajstić information content (AvgIpc) is 3.29. The summed E-state index contributed by atoms with van der Waals surface area (Å²) in [5, 5.41) is 10.9. The van der Waals surface area contributed by atoms with Gasteiger partial charge in [-0.1, -0.05) is 59.8 Å². The third kappa shape index (κ3) is 4.81. The first kappa shape index (κ1) is 22.1. The number of rotatable bonds is 8. The van der Waals surface area contributed by atoms with Crippen molar-refractivity contribution < 1.29 is 9.53 Å². The standard InChI is InChI=1S/C26H19ClN4O2S/c27-20-13-11-18(12-14-20)22(32)17-34-26-30-29-24(31(26)21-8-2-1-3-9-21)16-33-23-10-4-6-19-7-5-15-28-25(19)23/h1-15H,16-17H2. The molecule has 0 aliphatic rings. The van der Waals surface area contributed by atoms with Gasteiger partial charge in [-0.3, -0.25) is 14.3 Å². The number of para-hydroxylation sites is 2. The Morgan fingerprint density at radius 3 is 2.53 bits per heavy atom. The number of pyridine rings is 1. The first-order chi connectivity index (χ1) is 16.7. The lowest BCUT2D eigenvalue weighted by Gasteiger charge is -2.12. The van der Waals surface area contributed by atoms with Crippen LogP contribution in [0.15, 0.2) is 96.3 Å². The van der Waals surface area contributed by atoms with Gasteiger partial charge in [0.1, 0.15) is 17.9 Å². The van der Waals surface area contributed by atoms with Crippen LogP contribution in [0, 0.1) is 0 Å². The Bertz CT molecular complexity index is 1430. The fraction of sp³-hybridized carbons (Fsp3) is 0.0769. The zero-order valence-corrected chi connectivity index (χ0v) is 19.5. The Labute approximate surface area is 205 Å². The van der Waals surface area contributed by atoms with E-state index < -0.39 is 0 Å². The molecule has 3 aromatic carbocycles. The van der Waals surface area contributed by atoms with Crippen molar-refractivity contribution in [3.05, 3.63) is 108 Å². The molecule has 168 valence electrons. The van der Waals surface area contributed by atoms with Gasteiger partial charge in [0.25, 0.3) is 0 Å². The van der Waals surface area contributed by atoms with Gasteiger partial charge in [0.15, 0.2) is 16.8 Å². The number of fused-ring (bicyclic) bond motifs is 1. The molecule has 2 aromatic heterocycles. The largest absolute Gasteiger partial charge is 0.483 e. The van der Waals surface area contributed by atoms with E-state index >= 15 is 0 Å². The topological polar surface area (TPSA) is 69.9 Å². The Kier molecular flexibility index (Phi) is 6.56. The second-order valence-corrected chi connectivity index (χ2v) is 8.79. The van der Waals surface area contributed by atoms with Crippen molar-refractivity contribution in [3.8, 4) is 11.4 Å². The maximum Gasteiger partial charge on any atom is 0.196 e. The molecule has 34 heavy (non-hydrogen) atoms. The summed E-state index contributed by atoms with van der Waals surface area (Å²) < 4.78 is 8.03. The highest BCUT2D eigenvalue weighted by molar-refractivity contribution is 7.99. The van der Waals surface area contributed by atoms with Gasteiger partial charge in [0.05, 0.1) is 5.75 Å². The lowest BCUT2D eigenvalue weighted by atomic mass is 10.1. The van der Waals surface area contributed by atoms with Crippen LogP contribution in [0.4, 0.5) is 0 Å². The van der Waals surface area contributed by atoms with Crippen LogP contribution < -0.4 is 4.74 Å². The van der Waals surface area contributed by atoms with Crippen LogP contribution in [0.2, 0.25) is 5.02 Å². The number of halogens is 1. The first-order valence-electron chi connectivity index (χ1n) is 10.6. The number of ether oxygens (including phenoxy) is 1. The van der Waals surface area contributed by atoms with Crippen molar-refractivity contribution in [3.63, 3.8) is 0 Å². The third-order valence-corrected chi connectivity index (χ3v) is 6.35. The number of nitrogens with zero attached hydrogens (tertiary/aromatic N) is 4. The molecule has 0 saturated carbocycles. The highest BCUT2D eigenvalue weighted by atomic mass is 35.5. The highest BCUT2D eigenvalue weighted by Gasteiger charge is 2.17. The van der Waals surface area contributed by atoms with E-state index in [-0.39, 0.29) is 18.1 Å². The molecule has 0 spiro atoms. The number of thioether (sulfide) groups is 1. The second-order valence-electron chi connectivity index (χ2n) is 7.41. The molecule has 0 radical (unpaired) electrons. The lowest BCUT2D eigenvalue weighted by Crippen LogP contribution is -2.08. The Balaban J connectivity index is 1.39. The molecule has 2 heterocycles. The van der Waals surface area contributed by atoms with Crippen molar-refractivity contribution in [2.75, 3.05) is 5.75 Å². The summed E-state index contributed by atoms with van der Waals surface area (Å²) in [5.41, 5.74) is 2.29. The molecule has 8 heteroatoms. The van der Waals surface area contributed by atoms with Crippen LogP contribution in [0.25, 0.3) is 16.6 Å². The number of carbonyl (C=O) groups excluding carboxylic acids is 1. The molecule has 6 nitrogen and oxygen atoms in total. The maximum atomic E-state index is 12.7. The summed E-state index contributed by atoms with van der Waals surface area (Å²) in [6.45, 7) is 0.198. The number of Topliss-reactive ketones (excluding diaryl/α,β-unsaturated/α-hetero) is 1. The Morgan fingerprint density at radius 2 is 1.71 bits per heavy atom. The monoisotopic (exact) mass is 486 g/mol. The second kappa shape index (κ2) is 10.1. The number of benzene rings is 3. The molecule has 5 rings (SSSR count). The number of hydrogen-bond donors (Lipinski definition) is 0. The molecule has 0 aliphatic carbocycles. The van der Waals surface area contributed by atoms with Gasteiger partial charge in [0, 0.05) is 27.9 Å².